The summed E-state index contributed by atoms with van der Waals surface area (Å²) in [6, 6.07) is 7.33. The van der Waals surface area contributed by atoms with E-state index in [0.717, 1.165) is 6.33 Å². The van der Waals surface area contributed by atoms with Crippen LogP contribution in [0.25, 0.3) is 11.0 Å². The zero-order valence-corrected chi connectivity index (χ0v) is 22.5. The number of benzene rings is 1. The lowest BCUT2D eigenvalue weighted by Gasteiger charge is -2.44. The van der Waals surface area contributed by atoms with Crippen LogP contribution in [-0.2, 0) is 26.7 Å². The molecule has 3 heterocycles. The second kappa shape index (κ2) is 9.75. The number of fused-ring (bicyclic) bond motifs is 1. The van der Waals surface area contributed by atoms with Gasteiger partial charge >= 0.3 is 12.3 Å². The molecule has 0 aliphatic carbocycles. The maximum absolute atomic E-state index is 14.2. The molecule has 1 saturated heterocycles. The first-order valence-corrected chi connectivity index (χ1v) is 13.7. The van der Waals surface area contributed by atoms with Crippen molar-refractivity contribution in [3.63, 3.8) is 0 Å². The van der Waals surface area contributed by atoms with Gasteiger partial charge in [0.15, 0.2) is 5.65 Å². The number of hydrogen-bond donors (Lipinski definition) is 0. The Morgan fingerprint density at radius 2 is 1.71 bits per heavy atom. The fourth-order valence-electron chi connectivity index (χ4n) is 4.51. The number of rotatable bonds is 4. The Labute approximate surface area is 219 Å². The van der Waals surface area contributed by atoms with Crippen LogP contribution in [0.15, 0.2) is 42.9 Å². The molecule has 4 rings (SSSR count). The molecule has 0 unspecified atom stereocenters. The third-order valence-corrected chi connectivity index (χ3v) is 7.79. The van der Waals surface area contributed by atoms with E-state index in [0.29, 0.717) is 15.7 Å². The zero-order chi connectivity index (χ0) is 28.0. The standard InChI is InChI=1S/C25H30F3N5O4S/c1-16-12-32(23(34)37-24(3,4)5)17(2)11-31(16)21-20-19(25(26,27)28)13-33(22(20)30-15-29-21)38(35,36)14-18-9-7-6-8-10-18/h6-10,13,15-17H,11-12,14H2,1-5H3/t16-,17-/m1/s1. The molecule has 0 saturated carbocycles. The number of amides is 1. The van der Waals surface area contributed by atoms with Gasteiger partial charge in [-0.2, -0.15) is 13.2 Å². The minimum Gasteiger partial charge on any atom is -0.444 e. The monoisotopic (exact) mass is 553 g/mol. The van der Waals surface area contributed by atoms with Crippen LogP contribution in [0.1, 0.15) is 45.7 Å². The minimum atomic E-state index is -4.86. The molecular weight excluding hydrogens is 523 g/mol. The molecule has 1 aliphatic rings. The number of piperazine rings is 1. The number of aromatic nitrogens is 3. The van der Waals surface area contributed by atoms with Gasteiger partial charge in [-0.1, -0.05) is 30.3 Å². The van der Waals surface area contributed by atoms with Gasteiger partial charge in [-0.25, -0.2) is 27.2 Å². The van der Waals surface area contributed by atoms with Gasteiger partial charge in [-0.15, -0.1) is 0 Å². The van der Waals surface area contributed by atoms with Gasteiger partial charge in [-0.05, 0) is 40.2 Å². The van der Waals surface area contributed by atoms with Gasteiger partial charge in [0.1, 0.15) is 17.7 Å². The van der Waals surface area contributed by atoms with Crippen molar-refractivity contribution in [1.82, 2.24) is 18.8 Å². The van der Waals surface area contributed by atoms with Crippen LogP contribution in [0, 0.1) is 0 Å². The van der Waals surface area contributed by atoms with Crippen molar-refractivity contribution in [2.24, 2.45) is 0 Å². The number of carbonyl (C=O) groups excluding carboxylic acids is 1. The van der Waals surface area contributed by atoms with Crippen molar-refractivity contribution in [3.8, 4) is 0 Å². The fourth-order valence-corrected chi connectivity index (χ4v) is 5.93. The molecule has 2 aromatic heterocycles. The SMILES string of the molecule is C[C@@H]1CN(c2ncnc3c2c(C(F)(F)F)cn3S(=O)(=O)Cc2ccccc2)[C@H](C)CN1C(=O)OC(C)(C)C. The second-order valence-corrected chi connectivity index (χ2v) is 12.3. The highest BCUT2D eigenvalue weighted by atomic mass is 32.2. The molecular formula is C25H30F3N5O4S. The van der Waals surface area contributed by atoms with Crippen LogP contribution >= 0.6 is 0 Å². The van der Waals surface area contributed by atoms with E-state index in [-0.39, 0.29) is 24.6 Å². The quantitative estimate of drug-likeness (QED) is 0.464. The van der Waals surface area contributed by atoms with Crippen LogP contribution in [0.3, 0.4) is 0 Å². The summed E-state index contributed by atoms with van der Waals surface area (Å²) in [5.74, 6) is -0.546. The van der Waals surface area contributed by atoms with E-state index in [1.54, 1.807) is 69.9 Å². The van der Waals surface area contributed by atoms with E-state index in [1.165, 1.54) is 4.90 Å². The Bertz CT molecular complexity index is 1430. The Morgan fingerprint density at radius 1 is 1.05 bits per heavy atom. The smallest absolute Gasteiger partial charge is 0.418 e. The third-order valence-electron chi connectivity index (χ3n) is 6.21. The fraction of sp³-hybridized carbons (Fsp3) is 0.480. The van der Waals surface area contributed by atoms with E-state index in [9.17, 15) is 26.4 Å². The number of carbonyl (C=O) groups is 1. The van der Waals surface area contributed by atoms with Crippen LogP contribution < -0.4 is 4.90 Å². The van der Waals surface area contributed by atoms with Crippen molar-refractivity contribution in [2.75, 3.05) is 18.0 Å². The van der Waals surface area contributed by atoms with Gasteiger partial charge < -0.3 is 14.5 Å². The van der Waals surface area contributed by atoms with Gasteiger partial charge in [0, 0.05) is 31.4 Å². The van der Waals surface area contributed by atoms with Crippen LogP contribution in [-0.4, -0.2) is 64.1 Å². The largest absolute Gasteiger partial charge is 0.444 e. The summed E-state index contributed by atoms with van der Waals surface area (Å²) >= 11 is 0. The molecule has 206 valence electrons. The molecule has 38 heavy (non-hydrogen) atoms. The Balaban J connectivity index is 1.77. The molecule has 0 radical (unpaired) electrons. The van der Waals surface area contributed by atoms with Crippen molar-refractivity contribution in [1.29, 1.82) is 0 Å². The highest BCUT2D eigenvalue weighted by molar-refractivity contribution is 7.89. The van der Waals surface area contributed by atoms with E-state index in [4.69, 9.17) is 4.74 Å². The second-order valence-electron chi connectivity index (χ2n) is 10.5. The lowest BCUT2D eigenvalue weighted by molar-refractivity contribution is -0.136. The Hall–Kier alpha value is -3.35. The molecule has 1 amide bonds. The maximum atomic E-state index is 14.2. The van der Waals surface area contributed by atoms with Gasteiger partial charge in [0.2, 0.25) is 10.0 Å². The Kier molecular flexibility index (Phi) is 7.10. The molecule has 1 aromatic carbocycles. The minimum absolute atomic E-state index is 0.0424. The lowest BCUT2D eigenvalue weighted by Crippen LogP contribution is -2.59. The highest BCUT2D eigenvalue weighted by Gasteiger charge is 2.41. The topological polar surface area (TPSA) is 97.6 Å². The number of halogens is 3. The molecule has 1 aliphatic heterocycles. The molecule has 0 bridgehead atoms. The predicted octanol–water partition coefficient (Wildman–Crippen LogP) is 4.66. The normalized spacial score (nSPS) is 19.2. The predicted molar refractivity (Wildman–Crippen MR) is 136 cm³/mol. The van der Waals surface area contributed by atoms with Crippen molar-refractivity contribution in [3.05, 3.63) is 54.0 Å². The van der Waals surface area contributed by atoms with E-state index < -0.39 is 56.7 Å². The summed E-state index contributed by atoms with van der Waals surface area (Å²) in [5, 5.41) is -0.401. The molecule has 1 fully saturated rings. The lowest BCUT2D eigenvalue weighted by atomic mass is 10.1. The van der Waals surface area contributed by atoms with Gasteiger partial charge in [0.25, 0.3) is 0 Å². The molecule has 2 atom stereocenters. The van der Waals surface area contributed by atoms with Gasteiger partial charge in [-0.3, -0.25) is 0 Å². The number of ether oxygens (including phenoxy) is 1. The summed E-state index contributed by atoms with van der Waals surface area (Å²) in [6.07, 6.45) is -3.74. The highest BCUT2D eigenvalue weighted by Crippen LogP contribution is 2.41. The first-order valence-electron chi connectivity index (χ1n) is 12.0. The molecule has 0 N–H and O–H groups in total. The molecule has 0 spiro atoms. The van der Waals surface area contributed by atoms with Crippen molar-refractivity contribution >= 4 is 33.0 Å². The van der Waals surface area contributed by atoms with E-state index >= 15 is 0 Å². The first-order chi connectivity index (χ1) is 17.6. The summed E-state index contributed by atoms with van der Waals surface area (Å²) in [6.45, 7) is 9.11. The van der Waals surface area contributed by atoms with Crippen LogP contribution in [0.5, 0.6) is 0 Å². The van der Waals surface area contributed by atoms with E-state index in [1.807, 2.05) is 0 Å². The number of hydrogen-bond acceptors (Lipinski definition) is 7. The summed E-state index contributed by atoms with van der Waals surface area (Å²) in [4.78, 5) is 24.0. The Morgan fingerprint density at radius 3 is 2.32 bits per heavy atom. The average molecular weight is 554 g/mol. The first kappa shape index (κ1) is 27.7. The molecule has 13 heteroatoms. The van der Waals surface area contributed by atoms with Crippen LogP contribution in [0.2, 0.25) is 0 Å². The third kappa shape index (κ3) is 5.57. The number of alkyl halides is 3. The summed E-state index contributed by atoms with van der Waals surface area (Å²) < 4.78 is 75.3. The molecule has 9 nitrogen and oxygen atoms in total. The maximum Gasteiger partial charge on any atom is 0.418 e. The van der Waals surface area contributed by atoms with Gasteiger partial charge in [0.05, 0.1) is 16.7 Å². The number of nitrogens with zero attached hydrogens (tertiary/aromatic N) is 5. The van der Waals surface area contributed by atoms with E-state index in [2.05, 4.69) is 9.97 Å². The van der Waals surface area contributed by atoms with Crippen molar-refractivity contribution < 1.29 is 31.1 Å². The molecule has 3 aromatic rings. The average Bonchev–Trinajstić information content (AvgIpc) is 3.21. The summed E-state index contributed by atoms with van der Waals surface area (Å²) in [7, 11) is -4.25. The van der Waals surface area contributed by atoms with Crippen LogP contribution in [0.4, 0.5) is 23.8 Å². The van der Waals surface area contributed by atoms with Crippen molar-refractivity contribution in [2.45, 2.75) is 64.2 Å². The number of anilines is 1. The zero-order valence-electron chi connectivity index (χ0n) is 21.7. The summed E-state index contributed by atoms with van der Waals surface area (Å²) in [5.41, 5.74) is -1.77.